The highest BCUT2D eigenvalue weighted by atomic mass is 16.1. The van der Waals surface area contributed by atoms with Gasteiger partial charge in [0.05, 0.1) is 6.04 Å². The van der Waals surface area contributed by atoms with Crippen LogP contribution in [0.5, 0.6) is 0 Å². The average Bonchev–Trinajstić information content (AvgIpc) is 2.88. The maximum absolute atomic E-state index is 12.9. The van der Waals surface area contributed by atoms with Crippen molar-refractivity contribution in [3.05, 3.63) is 29.3 Å². The molecule has 128 valence electrons. The Morgan fingerprint density at radius 2 is 1.96 bits per heavy atom. The van der Waals surface area contributed by atoms with Crippen molar-refractivity contribution in [1.29, 1.82) is 0 Å². The lowest BCUT2D eigenvalue weighted by atomic mass is 9.81. The van der Waals surface area contributed by atoms with E-state index in [2.05, 4.69) is 58.2 Å². The number of carbonyl (C=O) groups excluding carboxylic acids is 1. The van der Waals surface area contributed by atoms with Crippen molar-refractivity contribution in [2.24, 2.45) is 5.41 Å². The van der Waals surface area contributed by atoms with Crippen molar-refractivity contribution in [3.63, 3.8) is 0 Å². The Morgan fingerprint density at radius 1 is 1.26 bits per heavy atom. The second-order valence-corrected chi connectivity index (χ2v) is 8.64. The molecule has 3 heteroatoms. The number of fused-ring (bicyclic) bond motifs is 1. The van der Waals surface area contributed by atoms with Gasteiger partial charge in [-0.15, -0.1) is 0 Å². The number of Topliss-reactive ketones (excluding diaryl/α,β-unsaturated/α-hetero) is 1. The van der Waals surface area contributed by atoms with Crippen LogP contribution in [0.15, 0.2) is 18.2 Å². The molecule has 0 amide bonds. The van der Waals surface area contributed by atoms with E-state index in [-0.39, 0.29) is 22.8 Å². The zero-order chi connectivity index (χ0) is 17.3. The minimum Gasteiger partial charge on any atom is -0.384 e. The van der Waals surface area contributed by atoms with E-state index in [1.807, 2.05) is 12.1 Å². The van der Waals surface area contributed by atoms with Gasteiger partial charge in [0.25, 0.3) is 0 Å². The van der Waals surface area contributed by atoms with E-state index < -0.39 is 0 Å². The summed E-state index contributed by atoms with van der Waals surface area (Å²) in [7, 11) is 0. The summed E-state index contributed by atoms with van der Waals surface area (Å²) in [6, 6.07) is 5.95. The Labute approximate surface area is 141 Å². The monoisotopic (exact) mass is 316 g/mol. The zero-order valence-corrected chi connectivity index (χ0v) is 15.5. The third-order valence-corrected chi connectivity index (χ3v) is 4.36. The molecule has 0 radical (unpaired) electrons. The van der Waals surface area contributed by atoms with Gasteiger partial charge in [-0.1, -0.05) is 27.7 Å². The second kappa shape index (κ2) is 6.64. The summed E-state index contributed by atoms with van der Waals surface area (Å²) in [5, 5.41) is 6.95. The van der Waals surface area contributed by atoms with Gasteiger partial charge in [0.15, 0.2) is 5.78 Å². The molecular weight excluding hydrogens is 284 g/mol. The van der Waals surface area contributed by atoms with Crippen LogP contribution in [-0.2, 0) is 6.42 Å². The van der Waals surface area contributed by atoms with E-state index in [4.69, 9.17) is 0 Å². The van der Waals surface area contributed by atoms with E-state index in [0.29, 0.717) is 0 Å². The number of carbonyl (C=O) groups is 1. The first kappa shape index (κ1) is 18.0. The van der Waals surface area contributed by atoms with Gasteiger partial charge in [0.2, 0.25) is 0 Å². The van der Waals surface area contributed by atoms with Gasteiger partial charge in [0, 0.05) is 23.3 Å². The number of nitrogens with one attached hydrogen (secondary N) is 2. The standard InChI is InChI=1S/C20H32N2O/c1-7-16(22-20(5,6)13-19(2,3)4)18(23)15-8-9-17-14(12-15)10-11-21-17/h8-9,12,16,21-22H,7,10-11,13H2,1-6H3. The quantitative estimate of drug-likeness (QED) is 0.763. The number of hydrogen-bond donors (Lipinski definition) is 2. The Balaban J connectivity index is 2.12. The SMILES string of the molecule is CCC(NC(C)(C)CC(C)(C)C)C(=O)c1ccc2c(c1)CCN2. The van der Waals surface area contributed by atoms with Gasteiger partial charge in [-0.25, -0.2) is 0 Å². The third-order valence-electron chi connectivity index (χ3n) is 4.36. The molecule has 0 aliphatic carbocycles. The topological polar surface area (TPSA) is 41.1 Å². The van der Waals surface area contributed by atoms with E-state index in [1.165, 1.54) is 11.3 Å². The Hall–Kier alpha value is -1.35. The molecule has 1 aromatic carbocycles. The van der Waals surface area contributed by atoms with Crippen LogP contribution in [0.4, 0.5) is 5.69 Å². The smallest absolute Gasteiger partial charge is 0.179 e. The van der Waals surface area contributed by atoms with Gasteiger partial charge < -0.3 is 10.6 Å². The van der Waals surface area contributed by atoms with Crippen molar-refractivity contribution in [3.8, 4) is 0 Å². The average molecular weight is 316 g/mol. The number of anilines is 1. The van der Waals surface area contributed by atoms with Crippen LogP contribution >= 0.6 is 0 Å². The van der Waals surface area contributed by atoms with Crippen LogP contribution in [0.2, 0.25) is 0 Å². The summed E-state index contributed by atoms with van der Waals surface area (Å²) in [5.41, 5.74) is 3.44. The fourth-order valence-corrected chi connectivity index (χ4v) is 3.86. The molecule has 1 heterocycles. The first-order valence-corrected chi connectivity index (χ1v) is 8.80. The lowest BCUT2D eigenvalue weighted by molar-refractivity contribution is 0.0906. The van der Waals surface area contributed by atoms with E-state index >= 15 is 0 Å². The van der Waals surface area contributed by atoms with Gasteiger partial charge in [0.1, 0.15) is 0 Å². The normalized spacial score (nSPS) is 15.9. The van der Waals surface area contributed by atoms with Crippen LogP contribution in [0.1, 0.15) is 70.3 Å². The van der Waals surface area contributed by atoms with E-state index in [1.54, 1.807) is 0 Å². The van der Waals surface area contributed by atoms with Crippen LogP contribution in [-0.4, -0.2) is 23.9 Å². The molecule has 0 bridgehead atoms. The van der Waals surface area contributed by atoms with Crippen molar-refractivity contribution in [1.82, 2.24) is 5.32 Å². The molecule has 0 saturated heterocycles. The van der Waals surface area contributed by atoms with Crippen LogP contribution in [0, 0.1) is 5.41 Å². The molecule has 1 unspecified atom stereocenters. The minimum absolute atomic E-state index is 0.0626. The highest BCUT2D eigenvalue weighted by Gasteiger charge is 2.30. The Kier molecular flexibility index (Phi) is 5.20. The molecule has 1 atom stereocenters. The molecular formula is C20H32N2O. The van der Waals surface area contributed by atoms with Crippen LogP contribution < -0.4 is 10.6 Å². The van der Waals surface area contributed by atoms with Crippen LogP contribution in [0.3, 0.4) is 0 Å². The van der Waals surface area contributed by atoms with Crippen molar-refractivity contribution >= 4 is 11.5 Å². The molecule has 0 aromatic heterocycles. The highest BCUT2D eigenvalue weighted by Crippen LogP contribution is 2.28. The summed E-state index contributed by atoms with van der Waals surface area (Å²) in [5.74, 6) is 0.212. The number of benzene rings is 1. The maximum atomic E-state index is 12.9. The van der Waals surface area contributed by atoms with E-state index in [9.17, 15) is 4.79 Å². The largest absolute Gasteiger partial charge is 0.384 e. The Morgan fingerprint density at radius 3 is 2.57 bits per heavy atom. The first-order chi connectivity index (χ1) is 10.6. The molecule has 0 fully saturated rings. The fraction of sp³-hybridized carbons (Fsp3) is 0.650. The molecule has 1 aromatic rings. The molecule has 3 nitrogen and oxygen atoms in total. The zero-order valence-electron chi connectivity index (χ0n) is 15.5. The van der Waals surface area contributed by atoms with Gasteiger partial charge in [-0.3, -0.25) is 4.79 Å². The minimum atomic E-state index is -0.125. The van der Waals surface area contributed by atoms with Gasteiger partial charge in [-0.2, -0.15) is 0 Å². The lowest BCUT2D eigenvalue weighted by Crippen LogP contribution is -2.50. The molecule has 0 saturated carbocycles. The number of rotatable bonds is 6. The highest BCUT2D eigenvalue weighted by molar-refractivity contribution is 6.00. The number of ketones is 1. The second-order valence-electron chi connectivity index (χ2n) is 8.64. The first-order valence-electron chi connectivity index (χ1n) is 8.80. The molecule has 1 aliphatic heterocycles. The summed E-state index contributed by atoms with van der Waals surface area (Å²) in [4.78, 5) is 12.9. The summed E-state index contributed by atoms with van der Waals surface area (Å²) < 4.78 is 0. The maximum Gasteiger partial charge on any atom is 0.179 e. The number of hydrogen-bond acceptors (Lipinski definition) is 3. The van der Waals surface area contributed by atoms with Crippen molar-refractivity contribution in [2.75, 3.05) is 11.9 Å². The molecule has 2 N–H and O–H groups in total. The van der Waals surface area contributed by atoms with Crippen LogP contribution in [0.25, 0.3) is 0 Å². The summed E-state index contributed by atoms with van der Waals surface area (Å²) in [6.45, 7) is 14.2. The third kappa shape index (κ3) is 4.81. The fourth-order valence-electron chi connectivity index (χ4n) is 3.86. The lowest BCUT2D eigenvalue weighted by Gasteiger charge is -2.36. The van der Waals surface area contributed by atoms with E-state index in [0.717, 1.165) is 31.4 Å². The van der Waals surface area contributed by atoms with Crippen molar-refractivity contribution < 1.29 is 4.79 Å². The molecule has 0 spiro atoms. The van der Waals surface area contributed by atoms with Gasteiger partial charge >= 0.3 is 0 Å². The Bertz CT molecular complexity index is 569. The molecule has 2 rings (SSSR count). The molecule has 1 aliphatic rings. The summed E-state index contributed by atoms with van der Waals surface area (Å²) >= 11 is 0. The predicted molar refractivity (Wildman–Crippen MR) is 98.3 cm³/mol. The van der Waals surface area contributed by atoms with Crippen molar-refractivity contribution in [2.45, 2.75) is 72.4 Å². The predicted octanol–water partition coefficient (Wildman–Crippen LogP) is 4.42. The summed E-state index contributed by atoms with van der Waals surface area (Å²) in [6.07, 6.45) is 2.84. The molecule has 23 heavy (non-hydrogen) atoms. The van der Waals surface area contributed by atoms with Gasteiger partial charge in [-0.05, 0) is 62.3 Å².